The van der Waals surface area contributed by atoms with Gasteiger partial charge in [-0.15, -0.1) is 11.3 Å². The van der Waals surface area contributed by atoms with Crippen LogP contribution in [0.1, 0.15) is 16.2 Å². The van der Waals surface area contributed by atoms with Gasteiger partial charge in [-0.2, -0.15) is 0 Å². The topological polar surface area (TPSA) is 98.2 Å². The maximum absolute atomic E-state index is 11.5. The molecule has 0 radical (unpaired) electrons. The van der Waals surface area contributed by atoms with Gasteiger partial charge in [0.1, 0.15) is 20.8 Å². The van der Waals surface area contributed by atoms with Gasteiger partial charge in [-0.1, -0.05) is 11.6 Å². The second-order valence-corrected chi connectivity index (χ2v) is 9.99. The van der Waals surface area contributed by atoms with Crippen molar-refractivity contribution in [3.05, 3.63) is 45.8 Å². The standard InChI is InChI=1S/C17H20ClN3O3S2/c1-10-14(6-11(19)9-26(2,22)23)25-17-13(7-15(18)21-16(10)17)20-8-12-4-3-5-24-12/h3-5,7,11H,6,8-9,19H2,1-2H3,(H,20,21). The van der Waals surface area contributed by atoms with Crippen LogP contribution in [0.15, 0.2) is 28.9 Å². The van der Waals surface area contributed by atoms with E-state index in [0.29, 0.717) is 18.1 Å². The van der Waals surface area contributed by atoms with E-state index in [1.165, 1.54) is 6.26 Å². The molecule has 3 aromatic heterocycles. The van der Waals surface area contributed by atoms with E-state index in [-0.39, 0.29) is 5.75 Å². The van der Waals surface area contributed by atoms with Gasteiger partial charge in [-0.05, 0) is 31.0 Å². The van der Waals surface area contributed by atoms with Crippen LogP contribution in [-0.2, 0) is 22.8 Å². The van der Waals surface area contributed by atoms with Crippen LogP contribution in [-0.4, -0.2) is 31.5 Å². The van der Waals surface area contributed by atoms with Crippen molar-refractivity contribution >= 4 is 48.7 Å². The molecule has 26 heavy (non-hydrogen) atoms. The van der Waals surface area contributed by atoms with Gasteiger partial charge < -0.3 is 15.5 Å². The molecule has 0 saturated heterocycles. The number of aromatic nitrogens is 1. The lowest BCUT2D eigenvalue weighted by molar-refractivity contribution is 0.518. The van der Waals surface area contributed by atoms with E-state index < -0.39 is 15.9 Å². The number of pyridine rings is 1. The van der Waals surface area contributed by atoms with E-state index in [0.717, 1.165) is 32.1 Å². The molecule has 140 valence electrons. The molecule has 3 aromatic rings. The molecule has 1 unspecified atom stereocenters. The molecule has 3 rings (SSSR count). The number of furan rings is 1. The monoisotopic (exact) mass is 413 g/mol. The molecule has 0 fully saturated rings. The highest BCUT2D eigenvalue weighted by atomic mass is 35.5. The number of nitrogens with one attached hydrogen (secondary N) is 1. The molecule has 0 spiro atoms. The second kappa shape index (κ2) is 7.56. The van der Waals surface area contributed by atoms with Crippen molar-refractivity contribution in [3.63, 3.8) is 0 Å². The number of hydrogen-bond acceptors (Lipinski definition) is 7. The smallest absolute Gasteiger partial charge is 0.148 e. The minimum atomic E-state index is -3.11. The van der Waals surface area contributed by atoms with Gasteiger partial charge in [-0.3, -0.25) is 0 Å². The summed E-state index contributed by atoms with van der Waals surface area (Å²) in [6.07, 6.45) is 3.31. The highest BCUT2D eigenvalue weighted by molar-refractivity contribution is 7.90. The van der Waals surface area contributed by atoms with Crippen molar-refractivity contribution in [1.82, 2.24) is 4.98 Å². The Balaban J connectivity index is 1.90. The minimum Gasteiger partial charge on any atom is -0.467 e. The molecule has 0 aliphatic heterocycles. The third-order valence-electron chi connectivity index (χ3n) is 3.94. The number of hydrogen-bond donors (Lipinski definition) is 2. The van der Waals surface area contributed by atoms with Crippen LogP contribution >= 0.6 is 22.9 Å². The lowest BCUT2D eigenvalue weighted by Crippen LogP contribution is -2.31. The van der Waals surface area contributed by atoms with Gasteiger partial charge in [0.2, 0.25) is 0 Å². The molecule has 0 aromatic carbocycles. The van der Waals surface area contributed by atoms with Crippen molar-refractivity contribution in [3.8, 4) is 0 Å². The average molecular weight is 414 g/mol. The van der Waals surface area contributed by atoms with E-state index in [4.69, 9.17) is 21.8 Å². The first-order valence-corrected chi connectivity index (χ1v) is 11.3. The molecule has 0 aliphatic carbocycles. The Morgan fingerprint density at radius 3 is 2.88 bits per heavy atom. The van der Waals surface area contributed by atoms with Crippen LogP contribution in [0.25, 0.3) is 10.2 Å². The molecule has 0 aliphatic rings. The summed E-state index contributed by atoms with van der Waals surface area (Å²) in [6.45, 7) is 2.49. The fourth-order valence-corrected chi connectivity index (χ4v) is 5.22. The third kappa shape index (κ3) is 4.56. The number of anilines is 1. The summed E-state index contributed by atoms with van der Waals surface area (Å²) >= 11 is 7.75. The number of nitrogens with zero attached hydrogens (tertiary/aromatic N) is 1. The molecule has 1 atom stereocenters. The summed E-state index contributed by atoms with van der Waals surface area (Å²) < 4.78 is 29.2. The van der Waals surface area contributed by atoms with Crippen LogP contribution < -0.4 is 11.1 Å². The lowest BCUT2D eigenvalue weighted by Gasteiger charge is -2.09. The van der Waals surface area contributed by atoms with Gasteiger partial charge in [0.05, 0.1) is 34.5 Å². The molecule has 3 N–H and O–H groups in total. The Morgan fingerprint density at radius 2 is 2.23 bits per heavy atom. The number of fused-ring (bicyclic) bond motifs is 1. The molecule has 9 heteroatoms. The maximum Gasteiger partial charge on any atom is 0.148 e. The fraction of sp³-hybridized carbons (Fsp3) is 0.353. The zero-order valence-corrected chi connectivity index (χ0v) is 16.8. The number of aryl methyl sites for hydroxylation is 1. The summed E-state index contributed by atoms with van der Waals surface area (Å²) in [4.78, 5) is 5.46. The molecular weight excluding hydrogens is 394 g/mol. The minimum absolute atomic E-state index is 0.0432. The number of sulfone groups is 1. The van der Waals surface area contributed by atoms with E-state index in [2.05, 4.69) is 10.3 Å². The van der Waals surface area contributed by atoms with E-state index in [1.807, 2.05) is 19.1 Å². The molecule has 6 nitrogen and oxygen atoms in total. The van der Waals surface area contributed by atoms with Crippen molar-refractivity contribution < 1.29 is 12.8 Å². The number of thiophene rings is 1. The van der Waals surface area contributed by atoms with E-state index in [9.17, 15) is 8.42 Å². The van der Waals surface area contributed by atoms with Crippen molar-refractivity contribution in [1.29, 1.82) is 0 Å². The number of nitrogens with two attached hydrogens (primary N) is 1. The quantitative estimate of drug-likeness (QED) is 0.576. The van der Waals surface area contributed by atoms with Gasteiger partial charge in [0.25, 0.3) is 0 Å². The molecule has 0 saturated carbocycles. The van der Waals surface area contributed by atoms with Gasteiger partial charge in [0, 0.05) is 23.2 Å². The summed E-state index contributed by atoms with van der Waals surface area (Å²) in [7, 11) is -3.11. The van der Waals surface area contributed by atoms with E-state index >= 15 is 0 Å². The van der Waals surface area contributed by atoms with Crippen molar-refractivity contribution in [2.24, 2.45) is 5.73 Å². The Labute approximate surface area is 161 Å². The normalized spacial score (nSPS) is 13.2. The molecule has 3 heterocycles. The van der Waals surface area contributed by atoms with Crippen LogP contribution in [0.2, 0.25) is 5.15 Å². The summed E-state index contributed by atoms with van der Waals surface area (Å²) in [6, 6.07) is 5.06. The largest absolute Gasteiger partial charge is 0.467 e. The molecular formula is C17H20ClN3O3S2. The molecule has 0 bridgehead atoms. The Bertz CT molecular complexity index is 1010. The highest BCUT2D eigenvalue weighted by Gasteiger charge is 2.18. The summed E-state index contributed by atoms with van der Waals surface area (Å²) in [5.74, 6) is 0.771. The first-order valence-electron chi connectivity index (χ1n) is 8.01. The SMILES string of the molecule is Cc1c(CC(N)CS(C)(=O)=O)sc2c(NCc3ccco3)cc(Cl)nc12. The van der Waals surface area contributed by atoms with Gasteiger partial charge >= 0.3 is 0 Å². The average Bonchev–Trinajstić information content (AvgIpc) is 3.13. The third-order valence-corrected chi connectivity index (χ3v) is 6.50. The van der Waals surface area contributed by atoms with E-state index in [1.54, 1.807) is 23.7 Å². The zero-order chi connectivity index (χ0) is 18.9. The first kappa shape index (κ1) is 19.2. The van der Waals surface area contributed by atoms with Crippen LogP contribution in [0.5, 0.6) is 0 Å². The van der Waals surface area contributed by atoms with Crippen molar-refractivity contribution in [2.75, 3.05) is 17.3 Å². The Kier molecular flexibility index (Phi) is 5.57. The van der Waals surface area contributed by atoms with Gasteiger partial charge in [0.15, 0.2) is 0 Å². The van der Waals surface area contributed by atoms with Crippen LogP contribution in [0.3, 0.4) is 0 Å². The van der Waals surface area contributed by atoms with Crippen molar-refractivity contribution in [2.45, 2.75) is 25.9 Å². The van der Waals surface area contributed by atoms with Crippen LogP contribution in [0.4, 0.5) is 5.69 Å². The Hall–Kier alpha value is -1.61. The van der Waals surface area contributed by atoms with Gasteiger partial charge in [-0.25, -0.2) is 13.4 Å². The zero-order valence-electron chi connectivity index (χ0n) is 14.5. The predicted molar refractivity (Wildman–Crippen MR) is 107 cm³/mol. The number of halogens is 1. The highest BCUT2D eigenvalue weighted by Crippen LogP contribution is 2.37. The fourth-order valence-electron chi connectivity index (χ4n) is 2.80. The lowest BCUT2D eigenvalue weighted by atomic mass is 10.1. The summed E-state index contributed by atoms with van der Waals surface area (Å²) in [5.41, 5.74) is 8.69. The predicted octanol–water partition coefficient (Wildman–Crippen LogP) is 3.38. The Morgan fingerprint density at radius 1 is 1.46 bits per heavy atom. The maximum atomic E-state index is 11.5. The second-order valence-electron chi connectivity index (χ2n) is 6.31. The first-order chi connectivity index (χ1) is 12.2. The summed E-state index contributed by atoms with van der Waals surface area (Å²) in [5, 5.41) is 3.72. The number of rotatable bonds is 7. The molecule has 0 amide bonds. The van der Waals surface area contributed by atoms with Crippen LogP contribution in [0, 0.1) is 6.92 Å².